The first-order valence-electron chi connectivity index (χ1n) is 7.48. The second-order valence-electron chi connectivity index (χ2n) is 6.00. The molecule has 0 aliphatic carbocycles. The van der Waals surface area contributed by atoms with Crippen LogP contribution in [0.15, 0.2) is 24.3 Å². The summed E-state index contributed by atoms with van der Waals surface area (Å²) in [5.41, 5.74) is 0.913. The minimum absolute atomic E-state index is 0.0577. The highest BCUT2D eigenvalue weighted by Gasteiger charge is 2.33. The summed E-state index contributed by atoms with van der Waals surface area (Å²) < 4.78 is 16.5. The number of carbonyl (C=O) groups is 1. The number of hydrogen-bond donors (Lipinski definition) is 0. The Bertz CT molecular complexity index is 466. The lowest BCUT2D eigenvalue weighted by Gasteiger charge is -2.37. The van der Waals surface area contributed by atoms with Crippen molar-refractivity contribution in [3.8, 4) is 5.75 Å². The summed E-state index contributed by atoms with van der Waals surface area (Å²) in [6, 6.07) is 7.31. The van der Waals surface area contributed by atoms with E-state index in [1.54, 1.807) is 19.1 Å². The standard InChI is InChI=1S/C17H24O4/c1-14(18)15-6-5-7-16(10-15)21-9-4-3-8-19-11-17(2)12-20-13-17/h5-7,10H,3-4,8-9,11-13H2,1-2H3. The molecule has 4 heteroatoms. The number of unbranched alkanes of at least 4 members (excludes halogenated alkanes) is 1. The molecule has 0 N–H and O–H groups in total. The van der Waals surface area contributed by atoms with Crippen molar-refractivity contribution in [1.82, 2.24) is 0 Å². The Morgan fingerprint density at radius 1 is 1.29 bits per heavy atom. The van der Waals surface area contributed by atoms with Crippen molar-refractivity contribution in [3.63, 3.8) is 0 Å². The molecule has 1 fully saturated rings. The van der Waals surface area contributed by atoms with Crippen LogP contribution < -0.4 is 4.74 Å². The molecule has 0 amide bonds. The molecule has 0 aromatic heterocycles. The van der Waals surface area contributed by atoms with Crippen LogP contribution in [0.1, 0.15) is 37.0 Å². The third-order valence-electron chi connectivity index (χ3n) is 3.54. The first-order valence-corrected chi connectivity index (χ1v) is 7.48. The molecule has 1 aromatic carbocycles. The van der Waals surface area contributed by atoms with E-state index in [2.05, 4.69) is 6.92 Å². The van der Waals surface area contributed by atoms with Crippen LogP contribution in [0.5, 0.6) is 5.75 Å². The number of Topliss-reactive ketones (excluding diaryl/α,β-unsaturated/α-hetero) is 1. The molecular weight excluding hydrogens is 268 g/mol. The van der Waals surface area contributed by atoms with Gasteiger partial charge in [-0.2, -0.15) is 0 Å². The maximum Gasteiger partial charge on any atom is 0.159 e. The van der Waals surface area contributed by atoms with Gasteiger partial charge in [0, 0.05) is 17.6 Å². The lowest BCUT2D eigenvalue weighted by Crippen LogP contribution is -2.43. The maximum absolute atomic E-state index is 11.3. The molecule has 0 unspecified atom stereocenters. The van der Waals surface area contributed by atoms with Crippen molar-refractivity contribution in [2.45, 2.75) is 26.7 Å². The van der Waals surface area contributed by atoms with E-state index in [0.29, 0.717) is 12.2 Å². The number of ketones is 1. The summed E-state index contributed by atoms with van der Waals surface area (Å²) in [6.07, 6.45) is 1.92. The predicted octanol–water partition coefficient (Wildman–Crippen LogP) is 3.10. The van der Waals surface area contributed by atoms with Crippen LogP contribution in [-0.4, -0.2) is 38.8 Å². The van der Waals surface area contributed by atoms with Gasteiger partial charge in [0.15, 0.2) is 5.78 Å². The summed E-state index contributed by atoms with van der Waals surface area (Å²) in [7, 11) is 0. The topological polar surface area (TPSA) is 44.8 Å². The van der Waals surface area contributed by atoms with Gasteiger partial charge < -0.3 is 14.2 Å². The molecule has 1 aliphatic rings. The number of ether oxygens (including phenoxy) is 3. The second-order valence-corrected chi connectivity index (χ2v) is 6.00. The SMILES string of the molecule is CC(=O)c1cccc(OCCCCOCC2(C)COC2)c1. The van der Waals surface area contributed by atoms with Crippen molar-refractivity contribution in [2.75, 3.05) is 33.0 Å². The number of carbonyl (C=O) groups excluding carboxylic acids is 1. The van der Waals surface area contributed by atoms with Crippen molar-refractivity contribution in [3.05, 3.63) is 29.8 Å². The fraction of sp³-hybridized carbons (Fsp3) is 0.588. The van der Waals surface area contributed by atoms with Gasteiger partial charge in [0.1, 0.15) is 5.75 Å². The summed E-state index contributed by atoms with van der Waals surface area (Å²) in [6.45, 7) is 7.53. The zero-order valence-electron chi connectivity index (χ0n) is 12.9. The van der Waals surface area contributed by atoms with Gasteiger partial charge in [-0.3, -0.25) is 4.79 Å². The Balaban J connectivity index is 1.55. The fourth-order valence-corrected chi connectivity index (χ4v) is 2.15. The minimum Gasteiger partial charge on any atom is -0.494 e. The van der Waals surface area contributed by atoms with Gasteiger partial charge in [-0.05, 0) is 31.9 Å². The first kappa shape index (κ1) is 16.0. The van der Waals surface area contributed by atoms with Gasteiger partial charge >= 0.3 is 0 Å². The average Bonchev–Trinajstić information content (AvgIpc) is 2.44. The van der Waals surface area contributed by atoms with Crippen LogP contribution in [0.3, 0.4) is 0 Å². The Labute approximate surface area is 126 Å². The molecule has 0 saturated carbocycles. The van der Waals surface area contributed by atoms with Crippen molar-refractivity contribution in [1.29, 1.82) is 0 Å². The van der Waals surface area contributed by atoms with E-state index in [0.717, 1.165) is 45.0 Å². The summed E-state index contributed by atoms with van der Waals surface area (Å²) >= 11 is 0. The third kappa shape index (κ3) is 5.14. The first-order chi connectivity index (χ1) is 10.1. The van der Waals surface area contributed by atoms with Gasteiger partial charge in [0.25, 0.3) is 0 Å². The minimum atomic E-state index is 0.0577. The summed E-state index contributed by atoms with van der Waals surface area (Å²) in [5.74, 6) is 0.810. The molecular formula is C17H24O4. The van der Waals surface area contributed by atoms with Gasteiger partial charge in [-0.15, -0.1) is 0 Å². The number of rotatable bonds is 9. The molecule has 4 nitrogen and oxygen atoms in total. The molecule has 2 rings (SSSR count). The molecule has 0 radical (unpaired) electrons. The lowest BCUT2D eigenvalue weighted by molar-refractivity contribution is -0.138. The van der Waals surface area contributed by atoms with Crippen LogP contribution in [0.25, 0.3) is 0 Å². The lowest BCUT2D eigenvalue weighted by atomic mass is 9.90. The van der Waals surface area contributed by atoms with E-state index in [1.807, 2.05) is 12.1 Å². The van der Waals surface area contributed by atoms with E-state index in [4.69, 9.17) is 14.2 Å². The summed E-state index contributed by atoms with van der Waals surface area (Å²) in [4.78, 5) is 11.3. The molecule has 0 bridgehead atoms. The second kappa shape index (κ2) is 7.57. The van der Waals surface area contributed by atoms with E-state index < -0.39 is 0 Å². The quantitative estimate of drug-likeness (QED) is 0.518. The van der Waals surface area contributed by atoms with Gasteiger partial charge in [0.05, 0.1) is 26.4 Å². The van der Waals surface area contributed by atoms with Crippen LogP contribution in [-0.2, 0) is 9.47 Å². The number of benzene rings is 1. The Hall–Kier alpha value is -1.39. The molecule has 1 aromatic rings. The van der Waals surface area contributed by atoms with Crippen LogP contribution >= 0.6 is 0 Å². The molecule has 1 heterocycles. The van der Waals surface area contributed by atoms with Crippen LogP contribution in [0.4, 0.5) is 0 Å². The van der Waals surface area contributed by atoms with Gasteiger partial charge in [-0.25, -0.2) is 0 Å². The highest BCUT2D eigenvalue weighted by atomic mass is 16.5. The normalized spacial score (nSPS) is 16.3. The zero-order chi connectivity index (χ0) is 15.1. The van der Waals surface area contributed by atoms with Crippen molar-refractivity contribution in [2.24, 2.45) is 5.41 Å². The summed E-state index contributed by atoms with van der Waals surface area (Å²) in [5, 5.41) is 0. The smallest absolute Gasteiger partial charge is 0.159 e. The Morgan fingerprint density at radius 2 is 2.05 bits per heavy atom. The average molecular weight is 292 g/mol. The molecule has 1 aliphatic heterocycles. The molecule has 1 saturated heterocycles. The maximum atomic E-state index is 11.3. The van der Waals surface area contributed by atoms with E-state index in [1.165, 1.54) is 0 Å². The van der Waals surface area contributed by atoms with E-state index >= 15 is 0 Å². The predicted molar refractivity (Wildman–Crippen MR) is 80.9 cm³/mol. The van der Waals surface area contributed by atoms with Crippen LogP contribution in [0, 0.1) is 5.41 Å². The molecule has 21 heavy (non-hydrogen) atoms. The Morgan fingerprint density at radius 3 is 2.71 bits per heavy atom. The highest BCUT2D eigenvalue weighted by molar-refractivity contribution is 5.94. The number of hydrogen-bond acceptors (Lipinski definition) is 4. The van der Waals surface area contributed by atoms with Gasteiger partial charge in [-0.1, -0.05) is 19.1 Å². The fourth-order valence-electron chi connectivity index (χ4n) is 2.15. The monoisotopic (exact) mass is 292 g/mol. The largest absolute Gasteiger partial charge is 0.494 e. The van der Waals surface area contributed by atoms with Gasteiger partial charge in [0.2, 0.25) is 0 Å². The van der Waals surface area contributed by atoms with E-state index in [-0.39, 0.29) is 11.2 Å². The Kier molecular flexibility index (Phi) is 5.76. The third-order valence-corrected chi connectivity index (χ3v) is 3.54. The van der Waals surface area contributed by atoms with E-state index in [9.17, 15) is 4.79 Å². The van der Waals surface area contributed by atoms with Crippen LogP contribution in [0.2, 0.25) is 0 Å². The molecule has 0 atom stereocenters. The van der Waals surface area contributed by atoms with Crippen molar-refractivity contribution < 1.29 is 19.0 Å². The highest BCUT2D eigenvalue weighted by Crippen LogP contribution is 2.26. The van der Waals surface area contributed by atoms with Crippen molar-refractivity contribution >= 4 is 5.78 Å². The zero-order valence-corrected chi connectivity index (χ0v) is 12.9. The molecule has 0 spiro atoms. The molecule has 116 valence electrons.